The third-order valence-corrected chi connectivity index (χ3v) is 4.98. The highest BCUT2D eigenvalue weighted by Crippen LogP contribution is 2.47. The van der Waals surface area contributed by atoms with Gasteiger partial charge in [0.1, 0.15) is 5.78 Å². The number of fused-ring (bicyclic) bond motifs is 2. The quantitative estimate of drug-likeness (QED) is 0.569. The average Bonchev–Trinajstić information content (AvgIpc) is 2.81. The van der Waals surface area contributed by atoms with E-state index in [1.807, 2.05) is 36.4 Å². The lowest BCUT2D eigenvalue weighted by atomic mass is 9.84. The van der Waals surface area contributed by atoms with Crippen LogP contribution in [0.4, 0.5) is 0 Å². The Bertz CT molecular complexity index is 792. The lowest BCUT2D eigenvalue weighted by molar-refractivity contribution is -0.123. The molecule has 0 amide bonds. The van der Waals surface area contributed by atoms with Gasteiger partial charge < -0.3 is 0 Å². The molecule has 0 spiro atoms. The van der Waals surface area contributed by atoms with Crippen molar-refractivity contribution < 1.29 is 4.79 Å². The van der Waals surface area contributed by atoms with Crippen molar-refractivity contribution in [1.29, 1.82) is 0 Å². The molecule has 0 aromatic heterocycles. The van der Waals surface area contributed by atoms with Gasteiger partial charge in [0.05, 0.1) is 0 Å². The van der Waals surface area contributed by atoms with Crippen molar-refractivity contribution in [3.63, 3.8) is 0 Å². The van der Waals surface area contributed by atoms with E-state index in [0.717, 1.165) is 12.0 Å². The number of allylic oxidation sites excluding steroid dienone is 2. The van der Waals surface area contributed by atoms with Gasteiger partial charge in [-0.3, -0.25) is 4.79 Å². The number of rotatable bonds is 1. The summed E-state index contributed by atoms with van der Waals surface area (Å²) in [7, 11) is 0. The summed E-state index contributed by atoms with van der Waals surface area (Å²) in [6.07, 6.45) is 5.15. The summed E-state index contributed by atoms with van der Waals surface area (Å²) in [5.74, 6) is 7.35. The van der Waals surface area contributed by atoms with Crippen LogP contribution in [-0.4, -0.2) is 5.78 Å². The highest BCUT2D eigenvalue weighted by Gasteiger charge is 2.46. The average molecular weight is 298 g/mol. The van der Waals surface area contributed by atoms with E-state index in [2.05, 4.69) is 48.3 Å². The minimum absolute atomic E-state index is 0.0391. The first-order valence-corrected chi connectivity index (χ1v) is 8.16. The maximum atomic E-state index is 12.7. The zero-order chi connectivity index (χ0) is 15.6. The van der Waals surface area contributed by atoms with Crippen LogP contribution in [0.1, 0.15) is 23.5 Å². The number of carbonyl (C=O) groups excluding carboxylic acids is 1. The van der Waals surface area contributed by atoms with Crippen LogP contribution in [0, 0.1) is 29.6 Å². The Hall–Kier alpha value is -2.59. The molecule has 0 N–H and O–H groups in total. The van der Waals surface area contributed by atoms with Crippen molar-refractivity contribution in [2.75, 3.05) is 0 Å². The number of ketones is 1. The van der Waals surface area contributed by atoms with Crippen LogP contribution in [0.15, 0.2) is 72.8 Å². The number of hydrogen-bond donors (Lipinski definition) is 0. The largest absolute Gasteiger partial charge is 0.299 e. The zero-order valence-electron chi connectivity index (χ0n) is 12.9. The molecule has 0 unspecified atom stereocenters. The molecule has 2 aliphatic rings. The Morgan fingerprint density at radius 1 is 0.826 bits per heavy atom. The fraction of sp³-hybridized carbons (Fsp3) is 0.227. The Morgan fingerprint density at radius 3 is 2.26 bits per heavy atom. The van der Waals surface area contributed by atoms with Crippen LogP contribution in [0.25, 0.3) is 0 Å². The van der Waals surface area contributed by atoms with Gasteiger partial charge in [-0.25, -0.2) is 0 Å². The smallest absolute Gasteiger partial charge is 0.144 e. The van der Waals surface area contributed by atoms with E-state index < -0.39 is 0 Å². The van der Waals surface area contributed by atoms with Crippen LogP contribution in [0.3, 0.4) is 0 Å². The van der Waals surface area contributed by atoms with E-state index in [0.29, 0.717) is 11.7 Å². The normalized spacial score (nSPS) is 28.3. The van der Waals surface area contributed by atoms with Crippen molar-refractivity contribution in [1.82, 2.24) is 0 Å². The van der Waals surface area contributed by atoms with Gasteiger partial charge in [-0.1, -0.05) is 72.5 Å². The molecule has 0 saturated heterocycles. The fourth-order valence-electron chi connectivity index (χ4n) is 3.79. The van der Waals surface area contributed by atoms with E-state index in [1.165, 1.54) is 5.56 Å². The van der Waals surface area contributed by atoms with Gasteiger partial charge in [0.25, 0.3) is 0 Å². The Kier molecular flexibility index (Phi) is 3.60. The zero-order valence-corrected chi connectivity index (χ0v) is 12.9. The summed E-state index contributed by atoms with van der Waals surface area (Å²) in [6.45, 7) is 0. The predicted molar refractivity (Wildman–Crippen MR) is 91.7 cm³/mol. The topological polar surface area (TPSA) is 17.1 Å². The van der Waals surface area contributed by atoms with Crippen molar-refractivity contribution in [3.05, 3.63) is 83.9 Å². The van der Waals surface area contributed by atoms with Gasteiger partial charge in [-0.05, 0) is 30.0 Å². The summed E-state index contributed by atoms with van der Waals surface area (Å²) in [5.41, 5.74) is 2.28. The van der Waals surface area contributed by atoms with Crippen molar-refractivity contribution in [3.8, 4) is 11.8 Å². The molecule has 1 fully saturated rings. The van der Waals surface area contributed by atoms with Crippen molar-refractivity contribution >= 4 is 5.78 Å². The van der Waals surface area contributed by atoms with E-state index in [1.54, 1.807) is 0 Å². The Balaban J connectivity index is 1.59. The van der Waals surface area contributed by atoms with Gasteiger partial charge in [0, 0.05) is 23.3 Å². The minimum Gasteiger partial charge on any atom is -0.299 e. The second-order valence-corrected chi connectivity index (χ2v) is 6.33. The predicted octanol–water partition coefficient (Wildman–Crippen LogP) is 4.21. The molecule has 4 rings (SSSR count). The minimum atomic E-state index is 0.0391. The van der Waals surface area contributed by atoms with Gasteiger partial charge in [0.15, 0.2) is 0 Å². The summed E-state index contributed by atoms with van der Waals surface area (Å²) >= 11 is 0. The maximum Gasteiger partial charge on any atom is 0.144 e. The van der Waals surface area contributed by atoms with Gasteiger partial charge in [-0.15, -0.1) is 0 Å². The molecule has 0 aliphatic heterocycles. The number of benzene rings is 2. The maximum absolute atomic E-state index is 12.7. The molecule has 2 aromatic carbocycles. The Labute approximate surface area is 137 Å². The van der Waals surface area contributed by atoms with E-state index >= 15 is 0 Å². The third kappa shape index (κ3) is 2.62. The third-order valence-electron chi connectivity index (χ3n) is 4.98. The van der Waals surface area contributed by atoms with Crippen LogP contribution in [0.2, 0.25) is 0 Å². The molecular weight excluding hydrogens is 280 g/mol. The highest BCUT2D eigenvalue weighted by molar-refractivity contribution is 5.90. The summed E-state index contributed by atoms with van der Waals surface area (Å²) in [4.78, 5) is 12.7. The van der Waals surface area contributed by atoms with Crippen molar-refractivity contribution in [2.24, 2.45) is 17.8 Å². The van der Waals surface area contributed by atoms with E-state index in [9.17, 15) is 4.79 Å². The first-order valence-electron chi connectivity index (χ1n) is 8.16. The van der Waals surface area contributed by atoms with Crippen LogP contribution >= 0.6 is 0 Å². The molecule has 2 aromatic rings. The van der Waals surface area contributed by atoms with E-state index in [-0.39, 0.29) is 17.8 Å². The van der Waals surface area contributed by atoms with Crippen LogP contribution < -0.4 is 0 Å². The first-order chi connectivity index (χ1) is 11.3. The standard InChI is InChI=1S/C22H18O/c23-22-19-14-13-18(12-11-16-7-3-1-4-8-16)21(22)15-20(19)17-9-5-2-6-10-17/h1-10,13-14,18-21H,15H2/t18-,19-,20+,21-/m0/s1. The SMILES string of the molecule is O=C1[C@H]2C=C[C@H](C#Cc3ccccc3)[C@@H]1C[C@@H]2c1ccccc1. The van der Waals surface area contributed by atoms with Crippen LogP contribution in [-0.2, 0) is 4.79 Å². The van der Waals surface area contributed by atoms with Gasteiger partial charge in [-0.2, -0.15) is 0 Å². The molecule has 23 heavy (non-hydrogen) atoms. The molecule has 1 saturated carbocycles. The van der Waals surface area contributed by atoms with Gasteiger partial charge in [0.2, 0.25) is 0 Å². The summed E-state index contributed by atoms with van der Waals surface area (Å²) in [6, 6.07) is 20.4. The second kappa shape index (κ2) is 5.89. The first kappa shape index (κ1) is 14.0. The molecule has 2 bridgehead atoms. The summed E-state index contributed by atoms with van der Waals surface area (Å²) in [5, 5.41) is 0. The molecular formula is C22H18O. The van der Waals surface area contributed by atoms with Crippen LogP contribution in [0.5, 0.6) is 0 Å². The molecule has 1 heteroatoms. The molecule has 0 heterocycles. The molecule has 0 radical (unpaired) electrons. The van der Waals surface area contributed by atoms with E-state index in [4.69, 9.17) is 0 Å². The highest BCUT2D eigenvalue weighted by atomic mass is 16.1. The lowest BCUT2D eigenvalue weighted by Crippen LogP contribution is -2.23. The Morgan fingerprint density at radius 2 is 1.52 bits per heavy atom. The summed E-state index contributed by atoms with van der Waals surface area (Å²) < 4.78 is 0. The number of hydrogen-bond acceptors (Lipinski definition) is 1. The number of carbonyl (C=O) groups is 1. The molecule has 112 valence electrons. The fourth-order valence-corrected chi connectivity index (χ4v) is 3.79. The molecule has 2 aliphatic carbocycles. The molecule has 4 atom stereocenters. The second-order valence-electron chi connectivity index (χ2n) is 6.33. The monoisotopic (exact) mass is 298 g/mol. The van der Waals surface area contributed by atoms with Gasteiger partial charge >= 0.3 is 0 Å². The lowest BCUT2D eigenvalue weighted by Gasteiger charge is -2.18. The number of Topliss-reactive ketones (excluding diaryl/α,β-unsaturated/α-hetero) is 1. The molecule has 1 nitrogen and oxygen atoms in total. The van der Waals surface area contributed by atoms with Crippen molar-refractivity contribution in [2.45, 2.75) is 12.3 Å².